The van der Waals surface area contributed by atoms with Crippen LogP contribution < -0.4 is 21.1 Å². The van der Waals surface area contributed by atoms with E-state index in [2.05, 4.69) is 34.7 Å². The smallest absolute Gasteiger partial charge is 0.490 e. The van der Waals surface area contributed by atoms with E-state index in [-0.39, 0.29) is 34.2 Å². The van der Waals surface area contributed by atoms with Crippen LogP contribution in [0.15, 0.2) is 39.7 Å². The molecule has 0 aliphatic carbocycles. The molecule has 0 unspecified atom stereocenters. The average Bonchev–Trinajstić information content (AvgIpc) is 3.19. The van der Waals surface area contributed by atoms with Crippen LogP contribution in [0.3, 0.4) is 0 Å². The number of aliphatic carboxylic acids is 1. The van der Waals surface area contributed by atoms with Crippen LogP contribution in [0, 0.1) is 23.3 Å². The lowest BCUT2D eigenvalue weighted by Crippen LogP contribution is -2.21. The maximum atomic E-state index is 14.3. The summed E-state index contributed by atoms with van der Waals surface area (Å²) in [7, 11) is 1.10. The van der Waals surface area contributed by atoms with Crippen LogP contribution in [0.25, 0.3) is 11.1 Å². The first-order valence-corrected chi connectivity index (χ1v) is 9.51. The van der Waals surface area contributed by atoms with E-state index in [1.54, 1.807) is 0 Å². The number of aromatic amines is 1. The second kappa shape index (κ2) is 10.4. The van der Waals surface area contributed by atoms with Gasteiger partial charge in [-0.3, -0.25) is 4.98 Å². The summed E-state index contributed by atoms with van der Waals surface area (Å²) in [4.78, 5) is 30.0. The summed E-state index contributed by atoms with van der Waals surface area (Å²) < 4.78 is 97.1. The second-order valence-corrected chi connectivity index (χ2v) is 6.73. The number of halogens is 7. The summed E-state index contributed by atoms with van der Waals surface area (Å²) in [5.74, 6) is -8.51. The molecule has 0 spiro atoms. The molecule has 0 aliphatic rings. The van der Waals surface area contributed by atoms with Gasteiger partial charge in [-0.2, -0.15) is 18.2 Å². The van der Waals surface area contributed by atoms with Crippen molar-refractivity contribution in [2.75, 3.05) is 17.7 Å². The van der Waals surface area contributed by atoms with Crippen molar-refractivity contribution in [2.45, 2.75) is 6.18 Å². The van der Waals surface area contributed by atoms with Crippen LogP contribution in [-0.4, -0.2) is 39.3 Å². The molecule has 0 aliphatic heterocycles. The molecule has 2 aromatic carbocycles. The Morgan fingerprint density at radius 3 is 2.38 bits per heavy atom. The predicted octanol–water partition coefficient (Wildman–Crippen LogP) is 4.60. The number of hydrogen-bond donors (Lipinski definition) is 4. The molecule has 0 saturated heterocycles. The molecule has 0 amide bonds. The Bertz CT molecular complexity index is 1520. The number of carboxylic acids is 1. The number of hydrogen-bond acceptors (Lipinski definition) is 8. The zero-order valence-electron chi connectivity index (χ0n) is 18.0. The number of oxazole rings is 1. The first-order valence-electron chi connectivity index (χ1n) is 9.51. The van der Waals surface area contributed by atoms with Crippen molar-refractivity contribution in [3.63, 3.8) is 0 Å². The number of fused-ring (bicyclic) bond motifs is 1. The van der Waals surface area contributed by atoms with Gasteiger partial charge in [-0.05, 0) is 18.2 Å². The van der Waals surface area contributed by atoms with E-state index in [0.717, 1.165) is 31.5 Å². The minimum absolute atomic E-state index is 0.0511. The highest BCUT2D eigenvalue weighted by Crippen LogP contribution is 2.30. The fourth-order valence-corrected chi connectivity index (χ4v) is 2.68. The lowest BCUT2D eigenvalue weighted by molar-refractivity contribution is -0.192. The molecule has 2 heterocycles. The number of nitrogens with zero attached hydrogens (tertiary/aromatic N) is 2. The Morgan fingerprint density at radius 2 is 1.76 bits per heavy atom. The van der Waals surface area contributed by atoms with Gasteiger partial charge in [0.05, 0.1) is 24.5 Å². The number of alkyl halides is 3. The van der Waals surface area contributed by atoms with E-state index in [9.17, 15) is 35.5 Å². The van der Waals surface area contributed by atoms with Gasteiger partial charge in [0.25, 0.3) is 0 Å². The number of methoxy groups -OCH3 is 1. The largest absolute Gasteiger partial charge is 0.491 e. The van der Waals surface area contributed by atoms with Gasteiger partial charge in [-0.25, -0.2) is 32.1 Å². The summed E-state index contributed by atoms with van der Waals surface area (Å²) in [6, 6.07) is 4.34. The Hall–Kier alpha value is -4.83. The Morgan fingerprint density at radius 1 is 1.08 bits per heavy atom. The van der Waals surface area contributed by atoms with Crippen molar-refractivity contribution in [1.29, 1.82) is 0 Å². The fourth-order valence-electron chi connectivity index (χ4n) is 2.68. The molecule has 10 nitrogen and oxygen atoms in total. The molecule has 0 radical (unpaired) electrons. The monoisotopic (exact) mass is 535 g/mol. The Labute approximate surface area is 199 Å². The number of benzene rings is 2. The summed E-state index contributed by atoms with van der Waals surface area (Å²) >= 11 is 0. The van der Waals surface area contributed by atoms with E-state index in [1.165, 1.54) is 6.07 Å². The van der Waals surface area contributed by atoms with E-state index in [1.807, 2.05) is 0 Å². The molecular weight excluding hydrogens is 523 g/mol. The van der Waals surface area contributed by atoms with Crippen LogP contribution in [0.5, 0.6) is 5.75 Å². The summed E-state index contributed by atoms with van der Waals surface area (Å²) in [6.45, 7) is 0. The third-order valence-electron chi connectivity index (χ3n) is 4.22. The fraction of sp³-hybridized carbons (Fsp3) is 0.100. The molecule has 0 fully saturated rings. The van der Waals surface area contributed by atoms with Crippen LogP contribution in [0.2, 0.25) is 0 Å². The van der Waals surface area contributed by atoms with Crippen molar-refractivity contribution in [1.82, 2.24) is 15.0 Å². The van der Waals surface area contributed by atoms with Gasteiger partial charge < -0.3 is 24.9 Å². The highest BCUT2D eigenvalue weighted by atomic mass is 19.4. The van der Waals surface area contributed by atoms with Crippen LogP contribution in [0.4, 0.5) is 53.9 Å². The van der Waals surface area contributed by atoms with Gasteiger partial charge in [-0.1, -0.05) is 0 Å². The molecule has 0 saturated carbocycles. The highest BCUT2D eigenvalue weighted by molar-refractivity contribution is 5.79. The molecule has 196 valence electrons. The first-order chi connectivity index (χ1) is 17.3. The molecule has 17 heteroatoms. The zero-order chi connectivity index (χ0) is 27.5. The van der Waals surface area contributed by atoms with Crippen LogP contribution >= 0.6 is 0 Å². The van der Waals surface area contributed by atoms with E-state index >= 15 is 0 Å². The third kappa shape index (κ3) is 6.24. The lowest BCUT2D eigenvalue weighted by atomic mass is 10.2. The molecule has 0 bridgehead atoms. The Kier molecular flexibility index (Phi) is 7.54. The zero-order valence-corrected chi connectivity index (χ0v) is 18.0. The standard InChI is InChI=1S/C18H11F4N5O3.C2HF3O2/c1-29-15-8(19)2-3-11(13(15)22)25-17-23-6-10(21)16(27-17)24-7-4-9(20)14-12(5-7)26-18(28)30-14;3-2(4,5)1(6)7/h2-6H,1H3,(H,26,28)(H2,23,24,25,27);(H,6,7). The maximum absolute atomic E-state index is 14.3. The molecule has 4 N–H and O–H groups in total. The number of nitrogens with one attached hydrogen (secondary N) is 3. The highest BCUT2D eigenvalue weighted by Gasteiger charge is 2.38. The number of rotatable bonds is 5. The van der Waals surface area contributed by atoms with Crippen molar-refractivity contribution in [2.24, 2.45) is 0 Å². The van der Waals surface area contributed by atoms with Gasteiger partial charge in [0.2, 0.25) is 5.95 Å². The van der Waals surface area contributed by atoms with E-state index in [0.29, 0.717) is 0 Å². The first kappa shape index (κ1) is 26.8. The number of H-pyrrole nitrogens is 1. The molecule has 4 aromatic rings. The van der Waals surface area contributed by atoms with E-state index in [4.69, 9.17) is 9.90 Å². The van der Waals surface area contributed by atoms with Crippen molar-refractivity contribution in [3.05, 3.63) is 64.3 Å². The number of carbonyl (C=O) groups is 1. The molecule has 0 atom stereocenters. The molecule has 4 rings (SSSR count). The van der Waals surface area contributed by atoms with Gasteiger partial charge in [-0.15, -0.1) is 0 Å². The minimum atomic E-state index is -5.08. The van der Waals surface area contributed by atoms with E-state index < -0.39 is 46.9 Å². The summed E-state index contributed by atoms with van der Waals surface area (Å²) in [5, 5.41) is 12.1. The number of anilines is 4. The quantitative estimate of drug-likeness (QED) is 0.270. The van der Waals surface area contributed by atoms with Gasteiger partial charge in [0, 0.05) is 11.8 Å². The van der Waals surface area contributed by atoms with Gasteiger partial charge in [0.15, 0.2) is 40.4 Å². The van der Waals surface area contributed by atoms with Crippen molar-refractivity contribution < 1.29 is 49.8 Å². The lowest BCUT2D eigenvalue weighted by Gasteiger charge is -2.11. The van der Waals surface area contributed by atoms with Crippen molar-refractivity contribution >= 4 is 40.2 Å². The minimum Gasteiger partial charge on any atom is -0.491 e. The maximum Gasteiger partial charge on any atom is 0.490 e. The topological polar surface area (TPSA) is 142 Å². The van der Waals surface area contributed by atoms with Gasteiger partial charge >= 0.3 is 17.9 Å². The van der Waals surface area contributed by atoms with Crippen molar-refractivity contribution in [3.8, 4) is 5.75 Å². The van der Waals surface area contributed by atoms with Gasteiger partial charge in [0.1, 0.15) is 0 Å². The van der Waals surface area contributed by atoms with Crippen LogP contribution in [0.1, 0.15) is 0 Å². The summed E-state index contributed by atoms with van der Waals surface area (Å²) in [6.07, 6.45) is -4.29. The third-order valence-corrected chi connectivity index (χ3v) is 4.22. The molecular formula is C20H12F7N5O5. The average molecular weight is 535 g/mol. The number of carboxylic acid groups (broad SMARTS) is 1. The SMILES string of the molecule is COc1c(F)ccc(Nc2ncc(F)c(Nc3cc(F)c4oc(=O)[nH]c4c3)n2)c1F.O=C(O)C(F)(F)F. The number of aromatic nitrogens is 3. The molecule has 37 heavy (non-hydrogen) atoms. The second-order valence-electron chi connectivity index (χ2n) is 6.73. The molecule has 2 aromatic heterocycles. The predicted molar refractivity (Wildman–Crippen MR) is 112 cm³/mol. The normalized spacial score (nSPS) is 11.0. The number of ether oxygens (including phenoxy) is 1. The van der Waals surface area contributed by atoms with Crippen LogP contribution in [-0.2, 0) is 4.79 Å². The Balaban J connectivity index is 0.000000479. The summed E-state index contributed by atoms with van der Waals surface area (Å²) in [5.41, 5.74) is -0.392.